The van der Waals surface area contributed by atoms with Crippen LogP contribution in [-0.4, -0.2) is 0 Å². The second-order valence-corrected chi connectivity index (χ2v) is 21.0. The summed E-state index contributed by atoms with van der Waals surface area (Å²) in [6, 6.07) is 92.3. The first-order chi connectivity index (χ1) is 36.0. The summed E-state index contributed by atoms with van der Waals surface area (Å²) < 4.78 is 0. The Hall–Kier alpha value is -9.10. The Labute approximate surface area is 423 Å². The topological polar surface area (TPSA) is 0 Å². The minimum atomic E-state index is -0.129. The largest absolute Gasteiger partial charge is 0.0622 e. The molecule has 1 aliphatic rings. The average molecular weight is 923 g/mol. The zero-order valence-electron chi connectivity index (χ0n) is 40.6. The number of hydrogen-bond acceptors (Lipinski definition) is 0. The van der Waals surface area contributed by atoms with Gasteiger partial charge in [-0.25, -0.2) is 0 Å². The summed E-state index contributed by atoms with van der Waals surface area (Å²) in [6.45, 7) is 4.78. The molecule has 15 aromatic carbocycles. The van der Waals surface area contributed by atoms with Crippen LogP contribution >= 0.6 is 0 Å². The van der Waals surface area contributed by atoms with E-state index in [2.05, 4.69) is 257 Å². The molecule has 0 saturated carbocycles. The van der Waals surface area contributed by atoms with E-state index in [4.69, 9.17) is 0 Å². The van der Waals surface area contributed by atoms with Crippen molar-refractivity contribution in [3.63, 3.8) is 0 Å². The van der Waals surface area contributed by atoms with Crippen molar-refractivity contribution in [1.82, 2.24) is 0 Å². The van der Waals surface area contributed by atoms with Crippen molar-refractivity contribution in [2.45, 2.75) is 19.3 Å². The zero-order valence-corrected chi connectivity index (χ0v) is 40.6. The summed E-state index contributed by atoms with van der Waals surface area (Å²) >= 11 is 0. The Morgan fingerprint density at radius 3 is 1.32 bits per heavy atom. The highest BCUT2D eigenvalue weighted by Gasteiger charge is 2.35. The van der Waals surface area contributed by atoms with E-state index in [9.17, 15) is 0 Å². The van der Waals surface area contributed by atoms with Crippen molar-refractivity contribution in [3.8, 4) is 66.8 Å². The van der Waals surface area contributed by atoms with Gasteiger partial charge < -0.3 is 0 Å². The van der Waals surface area contributed by atoms with Gasteiger partial charge in [-0.15, -0.1) is 0 Å². The summed E-state index contributed by atoms with van der Waals surface area (Å²) in [5.41, 5.74) is 17.7. The number of benzene rings is 15. The fourth-order valence-electron chi connectivity index (χ4n) is 13.6. The third-order valence-electron chi connectivity index (χ3n) is 17.0. The number of fused-ring (bicyclic) bond motifs is 5. The average Bonchev–Trinajstić information content (AvgIpc) is 3.69. The Kier molecular flexibility index (Phi) is 8.33. The molecule has 16 rings (SSSR count). The van der Waals surface area contributed by atoms with E-state index in [-0.39, 0.29) is 5.41 Å². The second kappa shape index (κ2) is 15.0. The lowest BCUT2D eigenvalue weighted by Gasteiger charge is -2.25. The van der Waals surface area contributed by atoms with Crippen LogP contribution in [0.2, 0.25) is 0 Å². The van der Waals surface area contributed by atoms with Gasteiger partial charge in [0.1, 0.15) is 0 Å². The van der Waals surface area contributed by atoms with Crippen molar-refractivity contribution >= 4 is 86.2 Å². The monoisotopic (exact) mass is 922 g/mol. The molecule has 1 aliphatic carbocycles. The van der Waals surface area contributed by atoms with Gasteiger partial charge in [-0.05, 0) is 182 Å². The molecule has 73 heavy (non-hydrogen) atoms. The SMILES string of the molecule is CC1(C)c2ccccc2-c2ccc(-c3cc(-c4ccc5ccc6cccc7ccc4c5c67)c(-c4cc(-c5ccccc5)c(-c5ccc6ccc7cccc8ccc5c6c78)c5ccccc45)c4ccccc34)cc21. The van der Waals surface area contributed by atoms with Crippen LogP contribution in [0.25, 0.3) is 153 Å². The van der Waals surface area contributed by atoms with Gasteiger partial charge in [-0.2, -0.15) is 0 Å². The predicted octanol–water partition coefficient (Wildman–Crippen LogP) is 20.4. The lowest BCUT2D eigenvalue weighted by atomic mass is 9.78. The smallest absolute Gasteiger partial charge is 0.0159 e. The molecule has 0 nitrogen and oxygen atoms in total. The summed E-state index contributed by atoms with van der Waals surface area (Å²) in [5, 5.41) is 20.5. The lowest BCUT2D eigenvalue weighted by Crippen LogP contribution is -2.14. The molecule has 0 N–H and O–H groups in total. The molecule has 0 unspecified atom stereocenters. The number of rotatable bonds is 5. The molecule has 15 aromatic rings. The Balaban J connectivity index is 1.04. The maximum atomic E-state index is 2.55. The first-order valence-electron chi connectivity index (χ1n) is 25.7. The van der Waals surface area contributed by atoms with Crippen LogP contribution in [0.3, 0.4) is 0 Å². The molecule has 0 heterocycles. The van der Waals surface area contributed by atoms with Gasteiger partial charge in [0.2, 0.25) is 0 Å². The van der Waals surface area contributed by atoms with E-state index in [1.165, 1.54) is 164 Å². The normalized spacial score (nSPS) is 13.2. The highest BCUT2D eigenvalue weighted by molar-refractivity contribution is 6.30. The van der Waals surface area contributed by atoms with E-state index in [0.29, 0.717) is 0 Å². The molecular formula is C73H46. The molecule has 0 bridgehead atoms. The standard InChI is InChI=1S/C73H46/c1-73(2)65-25-11-10-22-54(65)55-36-34-50(40-66(55)73)61-41-63(53-35-30-48-28-26-44-16-12-18-46-31-37-58(53)69(48)67(44)46)72(56-23-8-6-20-51(56)61)64-42-62(43-14-4-3-5-15-43)71(57-24-9-7-21-52(57)64)60-39-33-49-29-27-45-17-13-19-47-32-38-59(60)70(49)68(45)47/h3-42H,1-2H3. The Morgan fingerprint density at radius 2 is 0.671 bits per heavy atom. The Bertz CT molecular complexity index is 4770. The first-order valence-corrected chi connectivity index (χ1v) is 25.7. The van der Waals surface area contributed by atoms with E-state index in [0.717, 1.165) is 0 Å². The van der Waals surface area contributed by atoms with Crippen LogP contribution in [0.15, 0.2) is 243 Å². The molecule has 0 radical (unpaired) electrons. The Morgan fingerprint density at radius 1 is 0.219 bits per heavy atom. The van der Waals surface area contributed by atoms with Crippen LogP contribution in [0.4, 0.5) is 0 Å². The van der Waals surface area contributed by atoms with Gasteiger partial charge in [0, 0.05) is 5.41 Å². The van der Waals surface area contributed by atoms with Gasteiger partial charge in [0.25, 0.3) is 0 Å². The van der Waals surface area contributed by atoms with Gasteiger partial charge >= 0.3 is 0 Å². The minimum absolute atomic E-state index is 0.129. The summed E-state index contributed by atoms with van der Waals surface area (Å²) in [5.74, 6) is 0. The van der Waals surface area contributed by atoms with Crippen LogP contribution in [0, 0.1) is 0 Å². The van der Waals surface area contributed by atoms with Crippen molar-refractivity contribution in [3.05, 3.63) is 254 Å². The number of hydrogen-bond donors (Lipinski definition) is 0. The minimum Gasteiger partial charge on any atom is -0.0622 e. The fraction of sp³-hybridized carbons (Fsp3) is 0.0411. The molecule has 338 valence electrons. The predicted molar refractivity (Wildman–Crippen MR) is 314 cm³/mol. The second-order valence-electron chi connectivity index (χ2n) is 21.0. The lowest BCUT2D eigenvalue weighted by molar-refractivity contribution is 0.660. The first kappa shape index (κ1) is 40.6. The molecule has 0 saturated heterocycles. The van der Waals surface area contributed by atoms with Gasteiger partial charge in [-0.1, -0.05) is 238 Å². The maximum absolute atomic E-state index is 2.55. The van der Waals surface area contributed by atoms with E-state index in [1.807, 2.05) is 0 Å². The van der Waals surface area contributed by atoms with Crippen LogP contribution in [-0.2, 0) is 5.41 Å². The highest BCUT2D eigenvalue weighted by Crippen LogP contribution is 2.54. The van der Waals surface area contributed by atoms with Gasteiger partial charge in [0.05, 0.1) is 0 Å². The van der Waals surface area contributed by atoms with Gasteiger partial charge in [0.15, 0.2) is 0 Å². The van der Waals surface area contributed by atoms with Crippen molar-refractivity contribution in [2.75, 3.05) is 0 Å². The molecule has 0 fully saturated rings. The van der Waals surface area contributed by atoms with Crippen LogP contribution in [0.5, 0.6) is 0 Å². The third kappa shape index (κ3) is 5.67. The zero-order chi connectivity index (χ0) is 48.1. The van der Waals surface area contributed by atoms with Crippen LogP contribution < -0.4 is 0 Å². The van der Waals surface area contributed by atoms with E-state index < -0.39 is 0 Å². The van der Waals surface area contributed by atoms with E-state index in [1.54, 1.807) is 0 Å². The van der Waals surface area contributed by atoms with E-state index >= 15 is 0 Å². The molecule has 0 aromatic heterocycles. The van der Waals surface area contributed by atoms with Crippen LogP contribution in [0.1, 0.15) is 25.0 Å². The summed E-state index contributed by atoms with van der Waals surface area (Å²) in [6.07, 6.45) is 0. The van der Waals surface area contributed by atoms with Crippen molar-refractivity contribution < 1.29 is 0 Å². The molecule has 0 heteroatoms. The molecule has 0 aliphatic heterocycles. The molecular weight excluding hydrogens is 877 g/mol. The summed E-state index contributed by atoms with van der Waals surface area (Å²) in [7, 11) is 0. The fourth-order valence-corrected chi connectivity index (χ4v) is 13.6. The van der Waals surface area contributed by atoms with Gasteiger partial charge in [-0.3, -0.25) is 0 Å². The third-order valence-corrected chi connectivity index (χ3v) is 17.0. The molecule has 0 spiro atoms. The van der Waals surface area contributed by atoms with Crippen molar-refractivity contribution in [1.29, 1.82) is 0 Å². The summed E-state index contributed by atoms with van der Waals surface area (Å²) in [4.78, 5) is 0. The maximum Gasteiger partial charge on any atom is 0.0159 e. The molecule has 0 atom stereocenters. The quantitative estimate of drug-likeness (QED) is 0.151. The van der Waals surface area contributed by atoms with Crippen molar-refractivity contribution in [2.24, 2.45) is 0 Å². The molecule has 0 amide bonds. The highest BCUT2D eigenvalue weighted by atomic mass is 14.4.